The smallest absolute Gasteiger partial charge is 1.00 e. The average molecular weight is 180 g/mol. The fourth-order valence-corrected chi connectivity index (χ4v) is 0.727. The minimum atomic E-state index is 0. The summed E-state index contributed by atoms with van der Waals surface area (Å²) in [5.41, 5.74) is 0. The number of nitrogens with one attached hydrogen (secondary N) is 1. The summed E-state index contributed by atoms with van der Waals surface area (Å²) in [5, 5.41) is 2.73. The first kappa shape index (κ1) is 13.4. The molecule has 0 saturated heterocycles. The number of aromatic nitrogens is 2. The van der Waals surface area contributed by atoms with Crippen molar-refractivity contribution in [2.24, 2.45) is 0 Å². The van der Waals surface area contributed by atoms with Crippen LogP contribution in [0.1, 0.15) is 2.85 Å². The van der Waals surface area contributed by atoms with Crippen LogP contribution >= 0.6 is 25.0 Å². The molecule has 2 nitrogen and oxygen atoms in total. The minimum absolute atomic E-state index is 0. The topological polar surface area (TPSA) is 20.7 Å². The first-order valence-electron chi connectivity index (χ1n) is 1.76. The van der Waals surface area contributed by atoms with Crippen LogP contribution in [0.3, 0.4) is 0 Å². The molecule has 1 aromatic heterocycles. The molecule has 0 aliphatic carbocycles. The van der Waals surface area contributed by atoms with Gasteiger partial charge in [-0.25, -0.2) is 4.09 Å². The van der Waals surface area contributed by atoms with Crippen LogP contribution in [0.2, 0.25) is 0 Å². The van der Waals surface area contributed by atoms with Gasteiger partial charge in [-0.05, 0) is 18.9 Å². The van der Waals surface area contributed by atoms with Crippen LogP contribution in [0.4, 0.5) is 0 Å². The van der Waals surface area contributed by atoms with Crippen LogP contribution in [0.15, 0.2) is 12.3 Å². The van der Waals surface area contributed by atoms with Gasteiger partial charge in [-0.3, -0.25) is 5.10 Å². The molecule has 0 unspecified atom stereocenters. The van der Waals surface area contributed by atoms with Crippen molar-refractivity contribution in [3.8, 4) is 0 Å². The van der Waals surface area contributed by atoms with Crippen LogP contribution in [0.5, 0.6) is 0 Å². The number of nitrogens with zero attached hydrogens (tertiary/aromatic N) is 1. The van der Waals surface area contributed by atoms with Gasteiger partial charge in [-0.2, -0.15) is 0 Å². The fourth-order valence-electron chi connectivity index (χ4n) is 0.326. The van der Waals surface area contributed by atoms with Gasteiger partial charge in [0.15, 0.2) is 0 Å². The maximum absolute atomic E-state index is 4.71. The Labute approximate surface area is 111 Å². The van der Waals surface area contributed by atoms with Crippen molar-refractivity contribution < 1.29 is 62.0 Å². The van der Waals surface area contributed by atoms with E-state index in [1.165, 1.54) is 4.09 Å². The number of H-pyrrole nitrogens is 1. The zero-order chi connectivity index (χ0) is 5.28. The average Bonchev–Trinajstić information content (AvgIpc) is 1.87. The summed E-state index contributed by atoms with van der Waals surface area (Å²) in [4.78, 5) is 0. The molecular formula is C3H6N2Na2S2. The fraction of sp³-hybridized carbons (Fsp3) is 0. The van der Waals surface area contributed by atoms with Gasteiger partial charge in [0.05, 0.1) is 0 Å². The second-order valence-corrected chi connectivity index (χ2v) is 2.01. The van der Waals surface area contributed by atoms with Crippen molar-refractivity contribution in [3.63, 3.8) is 0 Å². The van der Waals surface area contributed by atoms with Gasteiger partial charge in [0, 0.05) is 6.20 Å². The van der Waals surface area contributed by atoms with E-state index in [1.807, 2.05) is 0 Å². The Kier molecular flexibility index (Phi) is 9.64. The number of rotatable bonds is 0. The summed E-state index contributed by atoms with van der Waals surface area (Å²) in [7, 11) is 0. The van der Waals surface area contributed by atoms with Gasteiger partial charge in [-0.1, -0.05) is 12.2 Å². The Morgan fingerprint density at radius 1 is 1.67 bits per heavy atom. The van der Waals surface area contributed by atoms with E-state index >= 15 is 0 Å². The van der Waals surface area contributed by atoms with Gasteiger partial charge < -0.3 is 2.85 Å². The van der Waals surface area contributed by atoms with Crippen molar-refractivity contribution in [1.82, 2.24) is 9.19 Å². The van der Waals surface area contributed by atoms with E-state index in [-0.39, 0.29) is 62.0 Å². The molecule has 0 bridgehead atoms. The van der Waals surface area contributed by atoms with Gasteiger partial charge in [-0.15, -0.1) is 0 Å². The normalized spacial score (nSPS) is 7.22. The third-order valence-corrected chi connectivity index (χ3v) is 1.05. The largest absolute Gasteiger partial charge is 1.00 e. The molecule has 0 fully saturated rings. The van der Waals surface area contributed by atoms with E-state index < -0.39 is 0 Å². The zero-order valence-electron chi connectivity index (χ0n) is 7.46. The molecule has 6 heteroatoms. The number of hydrogen-bond acceptors (Lipinski definition) is 2. The zero-order valence-corrected chi connectivity index (χ0v) is 11.2. The Bertz CT molecular complexity index is 213. The van der Waals surface area contributed by atoms with Crippen molar-refractivity contribution in [2.45, 2.75) is 0 Å². The quantitative estimate of drug-likeness (QED) is 0.234. The second-order valence-electron chi connectivity index (χ2n) is 1.14. The molecular weight excluding hydrogens is 174 g/mol. The maximum Gasteiger partial charge on any atom is 1.00 e. The van der Waals surface area contributed by atoms with Crippen LogP contribution < -0.4 is 59.1 Å². The molecule has 1 aromatic rings. The standard InChI is InChI=1S/C3H4N2S2.2Na.2H/c6-3-1-2-5(7)4-3;;;;/h1-2,7H,(H,4,6);;;;/q;2*+1;2*-1. The summed E-state index contributed by atoms with van der Waals surface area (Å²) in [5.74, 6) is 0. The molecule has 0 aliphatic rings. The molecule has 9 heavy (non-hydrogen) atoms. The number of aromatic amines is 1. The monoisotopic (exact) mass is 180 g/mol. The van der Waals surface area contributed by atoms with Gasteiger partial charge >= 0.3 is 59.1 Å². The van der Waals surface area contributed by atoms with E-state index in [0.29, 0.717) is 4.64 Å². The van der Waals surface area contributed by atoms with E-state index in [2.05, 4.69) is 17.9 Å². The summed E-state index contributed by atoms with van der Waals surface area (Å²) in [6.45, 7) is 0. The van der Waals surface area contributed by atoms with E-state index in [1.54, 1.807) is 12.3 Å². The maximum atomic E-state index is 4.71. The number of hydrogen-bond donors (Lipinski definition) is 2. The van der Waals surface area contributed by atoms with Crippen LogP contribution in [-0.2, 0) is 0 Å². The van der Waals surface area contributed by atoms with Gasteiger partial charge in [0.2, 0.25) is 0 Å². The molecule has 1 rings (SSSR count). The summed E-state index contributed by atoms with van der Waals surface area (Å²) in [6.07, 6.45) is 1.74. The summed E-state index contributed by atoms with van der Waals surface area (Å²) in [6, 6.07) is 1.77. The first-order chi connectivity index (χ1) is 3.29. The third kappa shape index (κ3) is 5.09. The number of thiol groups is 1. The SMILES string of the molecule is S=c1ccn(S)[nH]1.[H-].[H-].[Na+].[Na+]. The molecule has 1 heterocycles. The van der Waals surface area contributed by atoms with E-state index in [0.717, 1.165) is 0 Å². The Morgan fingerprint density at radius 2 is 2.22 bits per heavy atom. The van der Waals surface area contributed by atoms with Crippen LogP contribution in [0.25, 0.3) is 0 Å². The van der Waals surface area contributed by atoms with Crippen molar-refractivity contribution in [2.75, 3.05) is 0 Å². The predicted octanol–water partition coefficient (Wildman–Crippen LogP) is -4.53. The van der Waals surface area contributed by atoms with E-state index in [4.69, 9.17) is 12.2 Å². The summed E-state index contributed by atoms with van der Waals surface area (Å²) < 4.78 is 2.21. The minimum Gasteiger partial charge on any atom is -1.00 e. The molecule has 0 aromatic carbocycles. The molecule has 0 aliphatic heterocycles. The molecule has 0 atom stereocenters. The molecule has 0 radical (unpaired) electrons. The Hall–Kier alpha value is 1.78. The van der Waals surface area contributed by atoms with Crippen molar-refractivity contribution in [3.05, 3.63) is 16.9 Å². The van der Waals surface area contributed by atoms with Crippen LogP contribution in [-0.4, -0.2) is 9.19 Å². The van der Waals surface area contributed by atoms with Gasteiger partial charge in [0.25, 0.3) is 0 Å². The van der Waals surface area contributed by atoms with E-state index in [9.17, 15) is 0 Å². The Balaban J connectivity index is -0.0000000612. The molecule has 1 N–H and O–H groups in total. The van der Waals surface area contributed by atoms with Crippen molar-refractivity contribution in [1.29, 1.82) is 0 Å². The molecule has 0 amide bonds. The third-order valence-electron chi connectivity index (χ3n) is 0.592. The first-order valence-corrected chi connectivity index (χ1v) is 2.57. The second kappa shape index (κ2) is 6.49. The van der Waals surface area contributed by atoms with Crippen molar-refractivity contribution >= 4 is 25.0 Å². The van der Waals surface area contributed by atoms with Gasteiger partial charge in [0.1, 0.15) is 4.64 Å². The van der Waals surface area contributed by atoms with Crippen LogP contribution in [0, 0.1) is 4.64 Å². The summed E-state index contributed by atoms with van der Waals surface area (Å²) >= 11 is 8.61. The molecule has 0 spiro atoms. The Morgan fingerprint density at radius 3 is 2.33 bits per heavy atom. The predicted molar refractivity (Wildman–Crippen MR) is 36.2 cm³/mol. The molecule has 0 saturated carbocycles. The molecule has 42 valence electrons.